The molecule has 0 N–H and O–H groups in total. The first-order chi connectivity index (χ1) is 8.65. The molecule has 1 heterocycles. The third kappa shape index (κ3) is 2.45. The summed E-state index contributed by atoms with van der Waals surface area (Å²) < 4.78 is 13.8. The normalized spacial score (nSPS) is 13.9. The number of pyridine rings is 1. The number of aldehydes is 1. The highest BCUT2D eigenvalue weighted by Gasteiger charge is 2.29. The molecule has 0 aliphatic heterocycles. The van der Waals surface area contributed by atoms with Gasteiger partial charge in [-0.05, 0) is 37.1 Å². The van der Waals surface area contributed by atoms with Crippen molar-refractivity contribution in [3.8, 4) is 0 Å². The van der Waals surface area contributed by atoms with Crippen molar-refractivity contribution in [1.29, 1.82) is 0 Å². The molecule has 1 aromatic carbocycles. The maximum absolute atomic E-state index is 13.8. The first kappa shape index (κ1) is 12.4. The lowest BCUT2D eigenvalue weighted by molar-refractivity contribution is -0.112. The number of hydrogen-bond donors (Lipinski definition) is 0. The highest BCUT2D eigenvalue weighted by Crippen LogP contribution is 2.28. The number of hydrogen-bond acceptors (Lipinski definition) is 2. The van der Waals surface area contributed by atoms with Gasteiger partial charge in [-0.3, -0.25) is 4.98 Å². The van der Waals surface area contributed by atoms with E-state index in [9.17, 15) is 9.18 Å². The molecule has 1 aromatic heterocycles. The Kier molecular flexibility index (Phi) is 3.51. The Morgan fingerprint density at radius 1 is 1.22 bits per heavy atom. The SMILES string of the molecule is CC(C=O)(Cc1ccncc1)c1ccccc1F. The average Bonchev–Trinajstić information content (AvgIpc) is 2.40. The van der Waals surface area contributed by atoms with E-state index in [2.05, 4.69) is 4.98 Å². The Bertz CT molecular complexity index is 541. The first-order valence-electron chi connectivity index (χ1n) is 5.76. The van der Waals surface area contributed by atoms with Crippen molar-refractivity contribution in [2.24, 2.45) is 0 Å². The number of aromatic nitrogens is 1. The van der Waals surface area contributed by atoms with E-state index in [-0.39, 0.29) is 5.82 Å². The monoisotopic (exact) mass is 243 g/mol. The van der Waals surface area contributed by atoms with Crippen LogP contribution in [0, 0.1) is 5.82 Å². The van der Waals surface area contributed by atoms with E-state index in [0.717, 1.165) is 11.8 Å². The fraction of sp³-hybridized carbons (Fsp3) is 0.200. The van der Waals surface area contributed by atoms with E-state index in [4.69, 9.17) is 0 Å². The first-order valence-corrected chi connectivity index (χ1v) is 5.76. The van der Waals surface area contributed by atoms with Crippen LogP contribution in [0.5, 0.6) is 0 Å². The van der Waals surface area contributed by atoms with Gasteiger partial charge in [0.1, 0.15) is 12.1 Å². The van der Waals surface area contributed by atoms with Gasteiger partial charge in [-0.1, -0.05) is 18.2 Å². The van der Waals surface area contributed by atoms with Crippen LogP contribution in [0.25, 0.3) is 0 Å². The second-order valence-electron chi connectivity index (χ2n) is 4.55. The fourth-order valence-corrected chi connectivity index (χ4v) is 2.05. The number of rotatable bonds is 4. The largest absolute Gasteiger partial charge is 0.302 e. The maximum atomic E-state index is 13.8. The molecule has 0 bridgehead atoms. The van der Waals surface area contributed by atoms with Crippen molar-refractivity contribution >= 4 is 6.29 Å². The molecule has 0 radical (unpaired) electrons. The minimum atomic E-state index is -0.854. The van der Waals surface area contributed by atoms with Crippen LogP contribution in [0.4, 0.5) is 4.39 Å². The molecule has 0 saturated carbocycles. The van der Waals surface area contributed by atoms with Crippen LogP contribution in [0.1, 0.15) is 18.1 Å². The van der Waals surface area contributed by atoms with Crippen LogP contribution in [-0.2, 0) is 16.6 Å². The minimum absolute atomic E-state index is 0.346. The van der Waals surface area contributed by atoms with Crippen molar-refractivity contribution < 1.29 is 9.18 Å². The molecule has 0 aliphatic rings. The molecule has 0 fully saturated rings. The van der Waals surface area contributed by atoms with Crippen molar-refractivity contribution in [1.82, 2.24) is 4.98 Å². The summed E-state index contributed by atoms with van der Waals surface area (Å²) in [4.78, 5) is 15.3. The van der Waals surface area contributed by atoms with Gasteiger partial charge >= 0.3 is 0 Å². The van der Waals surface area contributed by atoms with Crippen LogP contribution < -0.4 is 0 Å². The average molecular weight is 243 g/mol. The van der Waals surface area contributed by atoms with Gasteiger partial charge in [0.2, 0.25) is 0 Å². The Balaban J connectivity index is 2.37. The van der Waals surface area contributed by atoms with Crippen LogP contribution in [0.3, 0.4) is 0 Å². The zero-order chi connectivity index (χ0) is 13.0. The van der Waals surface area contributed by atoms with Gasteiger partial charge in [-0.2, -0.15) is 0 Å². The molecule has 92 valence electrons. The molecule has 0 spiro atoms. The number of carbonyl (C=O) groups excluding carboxylic acids is 1. The molecule has 2 aromatic rings. The molecule has 0 aliphatic carbocycles. The second-order valence-corrected chi connectivity index (χ2v) is 4.55. The van der Waals surface area contributed by atoms with Crippen LogP contribution in [0.2, 0.25) is 0 Å². The van der Waals surface area contributed by atoms with E-state index in [1.165, 1.54) is 6.07 Å². The van der Waals surface area contributed by atoms with Crippen molar-refractivity contribution in [2.45, 2.75) is 18.8 Å². The third-order valence-electron chi connectivity index (χ3n) is 3.07. The van der Waals surface area contributed by atoms with Gasteiger partial charge < -0.3 is 4.79 Å². The molecule has 0 amide bonds. The Morgan fingerprint density at radius 2 is 1.89 bits per heavy atom. The van der Waals surface area contributed by atoms with E-state index in [1.807, 2.05) is 12.1 Å². The summed E-state index contributed by atoms with van der Waals surface area (Å²) >= 11 is 0. The fourth-order valence-electron chi connectivity index (χ4n) is 2.05. The number of halogens is 1. The molecule has 2 nitrogen and oxygen atoms in total. The Labute approximate surface area is 105 Å². The summed E-state index contributed by atoms with van der Waals surface area (Å²) in [6.07, 6.45) is 4.61. The molecule has 3 heteroatoms. The molecule has 1 unspecified atom stereocenters. The highest BCUT2D eigenvalue weighted by atomic mass is 19.1. The van der Waals surface area contributed by atoms with E-state index >= 15 is 0 Å². The predicted molar refractivity (Wildman–Crippen MR) is 67.8 cm³/mol. The highest BCUT2D eigenvalue weighted by molar-refractivity contribution is 5.68. The zero-order valence-electron chi connectivity index (χ0n) is 10.1. The van der Waals surface area contributed by atoms with E-state index < -0.39 is 5.41 Å². The van der Waals surface area contributed by atoms with Gasteiger partial charge in [-0.15, -0.1) is 0 Å². The van der Waals surface area contributed by atoms with Crippen molar-refractivity contribution in [3.63, 3.8) is 0 Å². The quantitative estimate of drug-likeness (QED) is 0.773. The topological polar surface area (TPSA) is 30.0 Å². The number of benzene rings is 1. The Morgan fingerprint density at radius 3 is 2.50 bits per heavy atom. The minimum Gasteiger partial charge on any atom is -0.302 e. The third-order valence-corrected chi connectivity index (χ3v) is 3.07. The van der Waals surface area contributed by atoms with Crippen LogP contribution in [0.15, 0.2) is 48.8 Å². The van der Waals surface area contributed by atoms with Crippen molar-refractivity contribution in [2.75, 3.05) is 0 Å². The van der Waals surface area contributed by atoms with Crippen LogP contribution >= 0.6 is 0 Å². The maximum Gasteiger partial charge on any atom is 0.130 e. The number of nitrogens with zero attached hydrogens (tertiary/aromatic N) is 1. The lowest BCUT2D eigenvalue weighted by Gasteiger charge is -2.24. The second kappa shape index (κ2) is 5.08. The molecule has 0 saturated heterocycles. The van der Waals surface area contributed by atoms with Gasteiger partial charge in [0.05, 0.1) is 5.41 Å². The summed E-state index contributed by atoms with van der Waals surface area (Å²) in [6.45, 7) is 1.75. The summed E-state index contributed by atoms with van der Waals surface area (Å²) in [5.41, 5.74) is 0.534. The van der Waals surface area contributed by atoms with Crippen LogP contribution in [-0.4, -0.2) is 11.3 Å². The van der Waals surface area contributed by atoms with E-state index in [0.29, 0.717) is 12.0 Å². The predicted octanol–water partition coefficient (Wildman–Crippen LogP) is 2.92. The summed E-state index contributed by atoms with van der Waals surface area (Å²) in [5, 5.41) is 0. The van der Waals surface area contributed by atoms with Gasteiger partial charge in [0.15, 0.2) is 0 Å². The lowest BCUT2D eigenvalue weighted by atomic mass is 9.78. The molecular weight excluding hydrogens is 229 g/mol. The summed E-state index contributed by atoms with van der Waals surface area (Å²) in [6, 6.07) is 10.1. The summed E-state index contributed by atoms with van der Waals surface area (Å²) in [7, 11) is 0. The standard InChI is InChI=1S/C15H14FNO/c1-15(11-18,10-12-6-8-17-9-7-12)13-4-2-3-5-14(13)16/h2-9,11H,10H2,1H3. The molecular formula is C15H14FNO. The zero-order valence-corrected chi connectivity index (χ0v) is 10.1. The van der Waals surface area contributed by atoms with Gasteiger partial charge in [-0.25, -0.2) is 4.39 Å². The lowest BCUT2D eigenvalue weighted by Crippen LogP contribution is -2.28. The van der Waals surface area contributed by atoms with E-state index in [1.54, 1.807) is 37.5 Å². The molecule has 1 atom stereocenters. The Hall–Kier alpha value is -2.03. The van der Waals surface area contributed by atoms with Gasteiger partial charge in [0.25, 0.3) is 0 Å². The van der Waals surface area contributed by atoms with Crippen molar-refractivity contribution in [3.05, 3.63) is 65.7 Å². The number of carbonyl (C=O) groups is 1. The smallest absolute Gasteiger partial charge is 0.130 e. The summed E-state index contributed by atoms with van der Waals surface area (Å²) in [5.74, 6) is -0.346. The molecule has 2 rings (SSSR count). The molecule has 18 heavy (non-hydrogen) atoms. The van der Waals surface area contributed by atoms with Gasteiger partial charge in [0, 0.05) is 18.0 Å².